The molecule has 0 atom stereocenters. The van der Waals surface area contributed by atoms with Crippen molar-refractivity contribution >= 4 is 16.6 Å². The van der Waals surface area contributed by atoms with E-state index < -0.39 is 0 Å². The van der Waals surface area contributed by atoms with Crippen LogP contribution in [0.3, 0.4) is 0 Å². The maximum absolute atomic E-state index is 5.83. The lowest BCUT2D eigenvalue weighted by molar-refractivity contribution is 1.22. The average Bonchev–Trinajstić information content (AvgIpc) is 2.41. The summed E-state index contributed by atoms with van der Waals surface area (Å²) in [6.45, 7) is 4.06. The van der Waals surface area contributed by atoms with Crippen LogP contribution in [0.1, 0.15) is 11.1 Å². The molecule has 3 nitrogen and oxygen atoms in total. The van der Waals surface area contributed by atoms with Crippen molar-refractivity contribution in [2.24, 2.45) is 0 Å². The first kappa shape index (κ1) is 11.7. The lowest BCUT2D eigenvalue weighted by Crippen LogP contribution is -1.93. The van der Waals surface area contributed by atoms with E-state index in [0.717, 1.165) is 33.5 Å². The summed E-state index contributed by atoms with van der Waals surface area (Å²) in [4.78, 5) is 9.04. The summed E-state index contributed by atoms with van der Waals surface area (Å²) in [5.74, 6) is 0.736. The molecule has 0 aliphatic carbocycles. The standard InChI is InChI=1S/C16H15N3/c1-10-3-6-15-13(7-10)9-18-16(19-15)12-4-5-14(17)11(2)8-12/h3-9H,17H2,1-2H3. The topological polar surface area (TPSA) is 51.8 Å². The van der Waals surface area contributed by atoms with Crippen molar-refractivity contribution in [3.63, 3.8) is 0 Å². The van der Waals surface area contributed by atoms with Crippen molar-refractivity contribution in [1.29, 1.82) is 0 Å². The lowest BCUT2D eigenvalue weighted by Gasteiger charge is -2.05. The maximum atomic E-state index is 5.83. The van der Waals surface area contributed by atoms with Gasteiger partial charge in [0.2, 0.25) is 0 Å². The Morgan fingerprint density at radius 1 is 1.00 bits per heavy atom. The third kappa shape index (κ3) is 2.15. The quantitative estimate of drug-likeness (QED) is 0.671. The highest BCUT2D eigenvalue weighted by atomic mass is 14.9. The fourth-order valence-corrected chi connectivity index (χ4v) is 2.11. The minimum Gasteiger partial charge on any atom is -0.399 e. The van der Waals surface area contributed by atoms with E-state index in [0.29, 0.717) is 0 Å². The monoisotopic (exact) mass is 249 g/mol. The molecule has 3 rings (SSSR count). The van der Waals surface area contributed by atoms with Gasteiger partial charge in [-0.15, -0.1) is 0 Å². The summed E-state index contributed by atoms with van der Waals surface area (Å²) >= 11 is 0. The van der Waals surface area contributed by atoms with Gasteiger partial charge in [-0.25, -0.2) is 9.97 Å². The van der Waals surface area contributed by atoms with Crippen LogP contribution in [0.25, 0.3) is 22.3 Å². The Morgan fingerprint density at radius 2 is 1.84 bits per heavy atom. The Balaban J connectivity index is 2.14. The van der Waals surface area contributed by atoms with Crippen LogP contribution in [-0.2, 0) is 0 Å². The first-order chi connectivity index (χ1) is 9.13. The summed E-state index contributed by atoms with van der Waals surface area (Å²) in [5, 5.41) is 1.07. The summed E-state index contributed by atoms with van der Waals surface area (Å²) in [6.07, 6.45) is 1.87. The molecule has 2 aromatic carbocycles. The Morgan fingerprint density at radius 3 is 2.63 bits per heavy atom. The van der Waals surface area contributed by atoms with Gasteiger partial charge in [0.1, 0.15) is 0 Å². The molecule has 0 bridgehead atoms. The molecule has 0 aliphatic rings. The minimum absolute atomic E-state index is 0.736. The molecule has 0 aliphatic heterocycles. The molecule has 0 radical (unpaired) electrons. The molecule has 1 heterocycles. The maximum Gasteiger partial charge on any atom is 0.159 e. The van der Waals surface area contributed by atoms with Gasteiger partial charge in [-0.2, -0.15) is 0 Å². The zero-order valence-corrected chi connectivity index (χ0v) is 11.0. The molecular formula is C16H15N3. The number of benzene rings is 2. The van der Waals surface area contributed by atoms with E-state index in [4.69, 9.17) is 5.73 Å². The summed E-state index contributed by atoms with van der Waals surface area (Å²) in [6, 6.07) is 12.1. The van der Waals surface area contributed by atoms with E-state index in [9.17, 15) is 0 Å². The third-order valence-electron chi connectivity index (χ3n) is 3.26. The molecule has 2 N–H and O–H groups in total. The normalized spacial score (nSPS) is 10.8. The van der Waals surface area contributed by atoms with E-state index in [1.807, 2.05) is 37.4 Å². The number of anilines is 1. The zero-order valence-electron chi connectivity index (χ0n) is 11.0. The van der Waals surface area contributed by atoms with E-state index in [-0.39, 0.29) is 0 Å². The highest BCUT2D eigenvalue weighted by Crippen LogP contribution is 2.22. The van der Waals surface area contributed by atoms with Gasteiger partial charge in [0, 0.05) is 22.8 Å². The minimum atomic E-state index is 0.736. The lowest BCUT2D eigenvalue weighted by atomic mass is 10.1. The highest BCUT2D eigenvalue weighted by molar-refractivity contribution is 5.80. The first-order valence-corrected chi connectivity index (χ1v) is 6.23. The molecule has 0 fully saturated rings. The van der Waals surface area contributed by atoms with Crippen LogP contribution in [0.15, 0.2) is 42.6 Å². The van der Waals surface area contributed by atoms with Crippen molar-refractivity contribution in [1.82, 2.24) is 9.97 Å². The number of hydrogen-bond donors (Lipinski definition) is 1. The Labute approximate surface area is 112 Å². The van der Waals surface area contributed by atoms with E-state index >= 15 is 0 Å². The van der Waals surface area contributed by atoms with Gasteiger partial charge in [-0.1, -0.05) is 11.6 Å². The largest absolute Gasteiger partial charge is 0.399 e. The molecule has 3 heteroatoms. The number of fused-ring (bicyclic) bond motifs is 1. The van der Waals surface area contributed by atoms with Crippen LogP contribution in [0.5, 0.6) is 0 Å². The second-order valence-corrected chi connectivity index (χ2v) is 4.83. The van der Waals surface area contributed by atoms with Gasteiger partial charge in [0.15, 0.2) is 5.82 Å². The number of hydrogen-bond acceptors (Lipinski definition) is 3. The van der Waals surface area contributed by atoms with Gasteiger partial charge in [0.05, 0.1) is 5.52 Å². The molecule has 1 aromatic heterocycles. The van der Waals surface area contributed by atoms with Crippen molar-refractivity contribution < 1.29 is 0 Å². The number of nitrogens with zero attached hydrogens (tertiary/aromatic N) is 2. The Kier molecular flexibility index (Phi) is 2.67. The first-order valence-electron chi connectivity index (χ1n) is 6.23. The smallest absolute Gasteiger partial charge is 0.159 e. The number of rotatable bonds is 1. The number of nitrogen functional groups attached to an aromatic ring is 1. The second kappa shape index (κ2) is 4.35. The fraction of sp³-hybridized carbons (Fsp3) is 0.125. The Bertz CT molecular complexity index is 763. The molecule has 94 valence electrons. The summed E-state index contributed by atoms with van der Waals surface area (Å²) in [7, 11) is 0. The van der Waals surface area contributed by atoms with Crippen LogP contribution >= 0.6 is 0 Å². The third-order valence-corrected chi connectivity index (χ3v) is 3.26. The number of nitrogens with two attached hydrogens (primary N) is 1. The van der Waals surface area contributed by atoms with E-state index in [1.54, 1.807) is 0 Å². The van der Waals surface area contributed by atoms with Gasteiger partial charge in [-0.3, -0.25) is 0 Å². The van der Waals surface area contributed by atoms with Gasteiger partial charge < -0.3 is 5.73 Å². The van der Waals surface area contributed by atoms with Crippen LogP contribution in [0.2, 0.25) is 0 Å². The molecule has 3 aromatic rings. The van der Waals surface area contributed by atoms with Crippen molar-refractivity contribution in [3.8, 4) is 11.4 Å². The highest BCUT2D eigenvalue weighted by Gasteiger charge is 2.04. The molecular weight excluding hydrogens is 234 g/mol. The Hall–Kier alpha value is -2.42. The summed E-state index contributed by atoms with van der Waals surface area (Å²) < 4.78 is 0. The van der Waals surface area contributed by atoms with Crippen LogP contribution in [-0.4, -0.2) is 9.97 Å². The predicted molar refractivity (Wildman–Crippen MR) is 78.9 cm³/mol. The van der Waals surface area contributed by atoms with E-state index in [1.165, 1.54) is 5.56 Å². The van der Waals surface area contributed by atoms with Crippen molar-refractivity contribution in [2.45, 2.75) is 13.8 Å². The number of aromatic nitrogens is 2. The summed E-state index contributed by atoms with van der Waals surface area (Å²) in [5.41, 5.74) is 10.8. The molecule has 0 unspecified atom stereocenters. The fourth-order valence-electron chi connectivity index (χ4n) is 2.11. The molecule has 0 amide bonds. The van der Waals surface area contributed by atoms with Crippen LogP contribution in [0.4, 0.5) is 5.69 Å². The van der Waals surface area contributed by atoms with Gasteiger partial charge in [-0.05, 0) is 49.7 Å². The molecule has 0 saturated heterocycles. The van der Waals surface area contributed by atoms with Crippen molar-refractivity contribution in [3.05, 3.63) is 53.7 Å². The zero-order chi connectivity index (χ0) is 13.4. The van der Waals surface area contributed by atoms with E-state index in [2.05, 4.69) is 29.0 Å². The second-order valence-electron chi connectivity index (χ2n) is 4.83. The average molecular weight is 249 g/mol. The molecule has 0 spiro atoms. The van der Waals surface area contributed by atoms with Gasteiger partial charge >= 0.3 is 0 Å². The predicted octanol–water partition coefficient (Wildman–Crippen LogP) is 3.50. The molecule has 19 heavy (non-hydrogen) atoms. The van der Waals surface area contributed by atoms with Crippen LogP contribution in [0, 0.1) is 13.8 Å². The van der Waals surface area contributed by atoms with Gasteiger partial charge in [0.25, 0.3) is 0 Å². The van der Waals surface area contributed by atoms with Crippen LogP contribution < -0.4 is 5.73 Å². The van der Waals surface area contributed by atoms with Crippen molar-refractivity contribution in [2.75, 3.05) is 5.73 Å². The number of aryl methyl sites for hydroxylation is 2. The SMILES string of the molecule is Cc1ccc2nc(-c3ccc(N)c(C)c3)ncc2c1. The molecule has 0 saturated carbocycles.